The van der Waals surface area contributed by atoms with Crippen LogP contribution in [-0.4, -0.2) is 88.6 Å². The maximum absolute atomic E-state index is 11.0. The molecule has 0 saturated heterocycles. The number of hydrogen-bond donors (Lipinski definition) is 12. The van der Waals surface area contributed by atoms with Crippen molar-refractivity contribution in [2.24, 2.45) is 0 Å². The average Bonchev–Trinajstić information content (AvgIpc) is 3.14. The fraction of sp³-hybridized carbons (Fsp3) is 0. The van der Waals surface area contributed by atoms with E-state index in [9.17, 15) is 38.4 Å². The van der Waals surface area contributed by atoms with E-state index in [2.05, 4.69) is 191 Å². The van der Waals surface area contributed by atoms with Crippen molar-refractivity contribution in [3.63, 3.8) is 0 Å². The van der Waals surface area contributed by atoms with Gasteiger partial charge in [0.15, 0.2) is 0 Å². The summed E-state index contributed by atoms with van der Waals surface area (Å²) in [5.74, 6) is -10.2. The Morgan fingerprint density at radius 3 is 0.359 bits per heavy atom. The maximum Gasteiger partial charge on any atom is 0.338 e. The van der Waals surface area contributed by atoms with Crippen LogP contribution in [0.15, 0.2) is 53.7 Å². The van der Waals surface area contributed by atoms with E-state index < -0.39 is 47.8 Å². The van der Waals surface area contributed by atoms with Crippen LogP contribution in [-0.2, 0) is 0 Å². The van der Waals surface area contributed by atoms with Gasteiger partial charge in [-0.05, 0) is 191 Å². The number of carboxylic acid groups (broad SMARTS) is 8. The number of halogens is 12. The second-order valence-corrected chi connectivity index (χ2v) is 20.4. The van der Waals surface area contributed by atoms with Gasteiger partial charge >= 0.3 is 47.8 Å². The number of anilines is 4. The van der Waals surface area contributed by atoms with Crippen molar-refractivity contribution in [2.45, 2.75) is 0 Å². The highest BCUT2D eigenvalue weighted by Crippen LogP contribution is 2.44. The first-order chi connectivity index (χ1) is 29.1. The Hall–Kier alpha value is -2.40. The largest absolute Gasteiger partial charge is 0.478 e. The Balaban J connectivity index is 0.000000427. The smallest absolute Gasteiger partial charge is 0.338 e. The van der Waals surface area contributed by atoms with Gasteiger partial charge in [-0.3, -0.25) is 0 Å². The number of carbonyl (C=O) groups is 8. The molecule has 0 aliphatic rings. The van der Waals surface area contributed by atoms with E-state index in [1.807, 2.05) is 0 Å². The van der Waals surface area contributed by atoms with E-state index in [-0.39, 0.29) is 121 Å². The summed E-state index contributed by atoms with van der Waals surface area (Å²) in [5, 5.41) is 71.6. The van der Waals surface area contributed by atoms with Crippen LogP contribution in [0, 0.1) is 0 Å². The van der Waals surface area contributed by atoms with Gasteiger partial charge in [0, 0.05) is 17.9 Å². The highest BCUT2D eigenvalue weighted by molar-refractivity contribution is 9.13. The summed E-state index contributed by atoms with van der Waals surface area (Å²) in [6.45, 7) is 0. The van der Waals surface area contributed by atoms with Gasteiger partial charge in [0.1, 0.15) is 0 Å². The lowest BCUT2D eigenvalue weighted by Gasteiger charge is -2.11. The molecule has 0 heterocycles. The van der Waals surface area contributed by atoms with Crippen molar-refractivity contribution in [1.29, 1.82) is 0 Å². The van der Waals surface area contributed by atoms with Gasteiger partial charge in [0.2, 0.25) is 0 Å². The summed E-state index contributed by atoms with van der Waals surface area (Å²) in [7, 11) is 0. The Morgan fingerprint density at radius 2 is 0.297 bits per heavy atom. The van der Waals surface area contributed by atoms with Crippen molar-refractivity contribution in [1.82, 2.24) is 0 Å². The van der Waals surface area contributed by atoms with Gasteiger partial charge in [-0.1, -0.05) is 0 Å². The Bertz CT molecular complexity index is 2200. The summed E-state index contributed by atoms with van der Waals surface area (Å²) in [5.41, 5.74) is 20.7. The Kier molecular flexibility index (Phi) is 22.9. The molecule has 64 heavy (non-hydrogen) atoms. The molecule has 0 amide bonds. The van der Waals surface area contributed by atoms with Crippen LogP contribution in [0.3, 0.4) is 0 Å². The van der Waals surface area contributed by atoms with Crippen molar-refractivity contribution in [2.75, 3.05) is 22.9 Å². The third-order valence-electron chi connectivity index (χ3n) is 7.11. The predicted molar refractivity (Wildman–Crippen MR) is 271 cm³/mol. The third kappa shape index (κ3) is 13.0. The molecule has 16 N–H and O–H groups in total. The minimum atomic E-state index is -1.28. The van der Waals surface area contributed by atoms with Gasteiger partial charge in [-0.2, -0.15) is 0 Å². The number of carboxylic acids is 8. The molecular weight excluding hydrogens is 1660 g/mol. The normalized spacial score (nSPS) is 10.2. The zero-order valence-electron chi connectivity index (χ0n) is 29.7. The number of hydrogen-bond acceptors (Lipinski definition) is 12. The first-order valence-electron chi connectivity index (χ1n) is 14.8. The van der Waals surface area contributed by atoms with E-state index in [1.165, 1.54) is 0 Å². The molecule has 344 valence electrons. The molecule has 0 aliphatic heterocycles. The first kappa shape index (κ1) is 59.6. The lowest BCUT2D eigenvalue weighted by atomic mass is 10.1. The number of benzene rings is 4. The second-order valence-electron chi connectivity index (χ2n) is 10.9. The van der Waals surface area contributed by atoms with E-state index in [0.717, 1.165) is 0 Å². The summed E-state index contributed by atoms with van der Waals surface area (Å²) >= 11 is 35.8. The fourth-order valence-corrected chi connectivity index (χ4v) is 14.9. The summed E-state index contributed by atoms with van der Waals surface area (Å²) in [6.07, 6.45) is 0. The molecular formula is C32H16Br12N4O16. The van der Waals surface area contributed by atoms with E-state index >= 15 is 0 Å². The van der Waals surface area contributed by atoms with Crippen LogP contribution in [0.25, 0.3) is 0 Å². The Morgan fingerprint density at radius 1 is 0.219 bits per heavy atom. The van der Waals surface area contributed by atoms with Crippen LogP contribution in [0.2, 0.25) is 0 Å². The summed E-state index contributed by atoms with van der Waals surface area (Å²) in [6, 6.07) is 0. The van der Waals surface area contributed by atoms with Crippen LogP contribution in [0.4, 0.5) is 22.7 Å². The minimum Gasteiger partial charge on any atom is -0.478 e. The molecule has 32 heteroatoms. The average molecular weight is 1670 g/mol. The fourth-order valence-electron chi connectivity index (χ4n) is 4.24. The molecule has 20 nitrogen and oxygen atoms in total. The number of nitrogens with two attached hydrogens (primary N) is 4. The molecule has 0 atom stereocenters. The van der Waals surface area contributed by atoms with Crippen LogP contribution in [0.1, 0.15) is 82.9 Å². The van der Waals surface area contributed by atoms with E-state index in [4.69, 9.17) is 63.8 Å². The maximum atomic E-state index is 11.0. The van der Waals surface area contributed by atoms with Crippen LogP contribution >= 0.6 is 191 Å². The van der Waals surface area contributed by atoms with E-state index in [1.54, 1.807) is 0 Å². The molecule has 4 aromatic carbocycles. The quantitative estimate of drug-likeness (QED) is 0.0729. The van der Waals surface area contributed by atoms with Gasteiger partial charge in [-0.25, -0.2) is 38.4 Å². The van der Waals surface area contributed by atoms with Crippen LogP contribution in [0.5, 0.6) is 0 Å². The molecule has 4 aromatic rings. The van der Waals surface area contributed by atoms with Crippen molar-refractivity contribution >= 4 is 262 Å². The molecule has 0 saturated carbocycles. The standard InChI is InChI=1S/4C8H4Br3NO4/c4*9-3-1(7(13)14)4(10)6(12)5(11)2(3)8(15)16/h4*12H2,(H,13,14)(H,15,16). The zero-order valence-corrected chi connectivity index (χ0v) is 48.7. The molecule has 4 rings (SSSR count). The first-order valence-corrected chi connectivity index (χ1v) is 24.4. The summed E-state index contributed by atoms with van der Waals surface area (Å²) in [4.78, 5) is 87.7. The Labute approximate surface area is 456 Å². The van der Waals surface area contributed by atoms with Crippen molar-refractivity contribution in [3.8, 4) is 0 Å². The van der Waals surface area contributed by atoms with Crippen LogP contribution < -0.4 is 22.9 Å². The molecule has 0 unspecified atom stereocenters. The monoisotopic (exact) mass is 1660 g/mol. The topological polar surface area (TPSA) is 402 Å². The van der Waals surface area contributed by atoms with Crippen molar-refractivity contribution in [3.05, 3.63) is 98.2 Å². The number of nitrogen functional groups attached to an aromatic ring is 4. The van der Waals surface area contributed by atoms with Crippen molar-refractivity contribution < 1.29 is 79.2 Å². The molecule has 0 aliphatic carbocycles. The van der Waals surface area contributed by atoms with Gasteiger partial charge in [0.25, 0.3) is 0 Å². The predicted octanol–water partition coefficient (Wildman–Crippen LogP) is 11.8. The SMILES string of the molecule is Nc1c(Br)c(C(=O)O)c(Br)c(C(=O)O)c1Br.Nc1c(Br)c(C(=O)O)c(Br)c(C(=O)O)c1Br.Nc1c(Br)c(C(=O)O)c(Br)c(C(=O)O)c1Br.Nc1c(Br)c(C(=O)O)c(Br)c(C(=O)O)c1Br. The van der Waals surface area contributed by atoms with Gasteiger partial charge in [-0.15, -0.1) is 0 Å². The molecule has 0 bridgehead atoms. The summed E-state index contributed by atoms with van der Waals surface area (Å²) < 4.78 is 0.863. The van der Waals surface area contributed by atoms with Gasteiger partial charge in [0.05, 0.1) is 103 Å². The van der Waals surface area contributed by atoms with E-state index in [0.29, 0.717) is 0 Å². The molecule has 0 radical (unpaired) electrons. The molecule has 0 spiro atoms. The molecule has 0 aromatic heterocycles. The number of rotatable bonds is 8. The zero-order chi connectivity index (χ0) is 50.5. The lowest BCUT2D eigenvalue weighted by Crippen LogP contribution is -2.10. The highest BCUT2D eigenvalue weighted by atomic mass is 79.9. The molecule has 0 fully saturated rings. The van der Waals surface area contributed by atoms with Gasteiger partial charge < -0.3 is 63.8 Å². The highest BCUT2D eigenvalue weighted by Gasteiger charge is 2.30. The number of aromatic carboxylic acids is 8. The minimum absolute atomic E-state index is 0.0259. The second kappa shape index (κ2) is 24.6. The third-order valence-corrected chi connectivity index (χ3v) is 16.9. The lowest BCUT2D eigenvalue weighted by molar-refractivity contribution is 0.0673.